The van der Waals surface area contributed by atoms with Crippen LogP contribution in [0, 0.1) is 0 Å². The highest BCUT2D eigenvalue weighted by atomic mass is 79.9. The van der Waals surface area contributed by atoms with E-state index in [0.717, 1.165) is 22.0 Å². The van der Waals surface area contributed by atoms with Crippen molar-refractivity contribution in [2.24, 2.45) is 0 Å². The first-order valence-corrected chi connectivity index (χ1v) is 5.78. The van der Waals surface area contributed by atoms with Crippen molar-refractivity contribution < 1.29 is 4.79 Å². The van der Waals surface area contributed by atoms with Crippen LogP contribution in [0.4, 0.5) is 0 Å². The molecule has 0 amide bonds. The van der Waals surface area contributed by atoms with Gasteiger partial charge >= 0.3 is 0 Å². The Kier molecular flexibility index (Phi) is 4.76. The van der Waals surface area contributed by atoms with Crippen LogP contribution in [0.1, 0.15) is 25.3 Å². The number of halogens is 1. The second-order valence-corrected chi connectivity index (χ2v) is 4.71. The Balaban J connectivity index is 2.44. The van der Waals surface area contributed by atoms with Gasteiger partial charge in [-0.1, -0.05) is 33.6 Å². The van der Waals surface area contributed by atoms with E-state index in [0.29, 0.717) is 12.8 Å². The summed E-state index contributed by atoms with van der Waals surface area (Å²) in [5.74, 6) is 0.278. The van der Waals surface area contributed by atoms with Crippen molar-refractivity contribution in [2.75, 3.05) is 0 Å². The van der Waals surface area contributed by atoms with E-state index in [1.807, 2.05) is 31.2 Å². The van der Waals surface area contributed by atoms with Gasteiger partial charge in [0.15, 0.2) is 0 Å². The third-order valence-corrected chi connectivity index (χ3v) is 2.67. The molecule has 1 aromatic carbocycles. The van der Waals surface area contributed by atoms with Crippen molar-refractivity contribution in [2.45, 2.75) is 26.2 Å². The van der Waals surface area contributed by atoms with Gasteiger partial charge in [-0.15, -0.1) is 6.58 Å². The molecular formula is C13H15BrO. The predicted octanol–water partition coefficient (Wildman–Crippen LogP) is 3.92. The van der Waals surface area contributed by atoms with Crippen molar-refractivity contribution in [1.82, 2.24) is 0 Å². The van der Waals surface area contributed by atoms with Gasteiger partial charge in [0, 0.05) is 17.3 Å². The van der Waals surface area contributed by atoms with E-state index in [1.165, 1.54) is 0 Å². The minimum Gasteiger partial charge on any atom is -0.299 e. The van der Waals surface area contributed by atoms with E-state index in [1.54, 1.807) is 0 Å². The summed E-state index contributed by atoms with van der Waals surface area (Å²) >= 11 is 3.36. The van der Waals surface area contributed by atoms with Gasteiger partial charge < -0.3 is 0 Å². The van der Waals surface area contributed by atoms with Gasteiger partial charge in [-0.05, 0) is 31.0 Å². The SMILES string of the molecule is C=C(C)CCC(=O)Cc1ccc(Br)cc1. The minimum absolute atomic E-state index is 0.278. The molecule has 0 fully saturated rings. The standard InChI is InChI=1S/C13H15BrO/c1-10(2)3-8-13(15)9-11-4-6-12(14)7-5-11/h4-7H,1,3,8-9H2,2H3. The fourth-order valence-corrected chi connectivity index (χ4v) is 1.54. The molecule has 1 aromatic rings. The van der Waals surface area contributed by atoms with E-state index < -0.39 is 0 Å². The molecule has 0 heterocycles. The molecule has 0 aromatic heterocycles. The van der Waals surface area contributed by atoms with Crippen LogP contribution < -0.4 is 0 Å². The summed E-state index contributed by atoms with van der Waals surface area (Å²) in [5, 5.41) is 0. The zero-order chi connectivity index (χ0) is 11.3. The summed E-state index contributed by atoms with van der Waals surface area (Å²) in [6, 6.07) is 7.87. The zero-order valence-electron chi connectivity index (χ0n) is 8.92. The summed E-state index contributed by atoms with van der Waals surface area (Å²) in [6.45, 7) is 5.74. The fraction of sp³-hybridized carbons (Fsp3) is 0.308. The molecule has 0 saturated carbocycles. The number of carbonyl (C=O) groups excluding carboxylic acids is 1. The van der Waals surface area contributed by atoms with Crippen molar-refractivity contribution in [3.8, 4) is 0 Å². The quantitative estimate of drug-likeness (QED) is 0.739. The third kappa shape index (κ3) is 4.93. The maximum Gasteiger partial charge on any atom is 0.137 e. The van der Waals surface area contributed by atoms with E-state index >= 15 is 0 Å². The smallest absolute Gasteiger partial charge is 0.137 e. The molecule has 0 aliphatic rings. The number of allylic oxidation sites excluding steroid dienone is 1. The Morgan fingerprint density at radius 3 is 2.40 bits per heavy atom. The Bertz CT molecular complexity index is 351. The first kappa shape index (κ1) is 12.2. The first-order chi connectivity index (χ1) is 7.08. The molecule has 0 atom stereocenters. The summed E-state index contributed by atoms with van der Waals surface area (Å²) in [6.07, 6.45) is 1.93. The maximum absolute atomic E-state index is 11.5. The van der Waals surface area contributed by atoms with E-state index in [4.69, 9.17) is 0 Å². The Morgan fingerprint density at radius 1 is 1.27 bits per heavy atom. The molecule has 0 bridgehead atoms. The summed E-state index contributed by atoms with van der Waals surface area (Å²) < 4.78 is 1.04. The molecule has 15 heavy (non-hydrogen) atoms. The number of carbonyl (C=O) groups is 1. The minimum atomic E-state index is 0.278. The highest BCUT2D eigenvalue weighted by Crippen LogP contribution is 2.12. The normalized spacial score (nSPS) is 10.0. The lowest BCUT2D eigenvalue weighted by Crippen LogP contribution is -2.02. The molecule has 0 spiro atoms. The van der Waals surface area contributed by atoms with Gasteiger partial charge in [0.2, 0.25) is 0 Å². The number of hydrogen-bond donors (Lipinski definition) is 0. The van der Waals surface area contributed by atoms with Crippen LogP contribution in [-0.2, 0) is 11.2 Å². The number of hydrogen-bond acceptors (Lipinski definition) is 1. The van der Waals surface area contributed by atoms with Crippen molar-refractivity contribution >= 4 is 21.7 Å². The van der Waals surface area contributed by atoms with Crippen molar-refractivity contribution in [3.05, 3.63) is 46.5 Å². The van der Waals surface area contributed by atoms with Crippen LogP contribution in [0.15, 0.2) is 40.9 Å². The number of Topliss-reactive ketones (excluding diaryl/α,β-unsaturated/α-hetero) is 1. The molecule has 0 unspecified atom stereocenters. The maximum atomic E-state index is 11.5. The van der Waals surface area contributed by atoms with E-state index in [-0.39, 0.29) is 5.78 Å². The predicted molar refractivity (Wildman–Crippen MR) is 66.9 cm³/mol. The zero-order valence-corrected chi connectivity index (χ0v) is 10.5. The molecular weight excluding hydrogens is 252 g/mol. The topological polar surface area (TPSA) is 17.1 Å². The summed E-state index contributed by atoms with van der Waals surface area (Å²) in [4.78, 5) is 11.5. The van der Waals surface area contributed by atoms with Crippen LogP contribution in [0.25, 0.3) is 0 Å². The third-order valence-electron chi connectivity index (χ3n) is 2.15. The lowest BCUT2D eigenvalue weighted by molar-refractivity contribution is -0.118. The molecule has 1 nitrogen and oxygen atoms in total. The monoisotopic (exact) mass is 266 g/mol. The Morgan fingerprint density at radius 2 is 1.87 bits per heavy atom. The second-order valence-electron chi connectivity index (χ2n) is 3.80. The van der Waals surface area contributed by atoms with Crippen LogP contribution >= 0.6 is 15.9 Å². The molecule has 0 aliphatic carbocycles. The summed E-state index contributed by atoms with van der Waals surface area (Å²) in [7, 11) is 0. The van der Waals surface area contributed by atoms with Crippen LogP contribution in [0.3, 0.4) is 0 Å². The average Bonchev–Trinajstić information content (AvgIpc) is 2.19. The molecule has 1 rings (SSSR count). The van der Waals surface area contributed by atoms with Gasteiger partial charge in [-0.2, -0.15) is 0 Å². The Hall–Kier alpha value is -0.890. The number of benzene rings is 1. The molecule has 2 heteroatoms. The van der Waals surface area contributed by atoms with Gasteiger partial charge in [0.25, 0.3) is 0 Å². The summed E-state index contributed by atoms with van der Waals surface area (Å²) in [5.41, 5.74) is 2.14. The van der Waals surface area contributed by atoms with Gasteiger partial charge in [-0.25, -0.2) is 0 Å². The van der Waals surface area contributed by atoms with Crippen LogP contribution in [0.2, 0.25) is 0 Å². The largest absolute Gasteiger partial charge is 0.299 e. The number of rotatable bonds is 5. The molecule has 80 valence electrons. The van der Waals surface area contributed by atoms with Crippen molar-refractivity contribution in [1.29, 1.82) is 0 Å². The Labute approximate surface area is 99.3 Å². The second kappa shape index (κ2) is 5.86. The number of ketones is 1. The average molecular weight is 267 g/mol. The highest BCUT2D eigenvalue weighted by molar-refractivity contribution is 9.10. The fourth-order valence-electron chi connectivity index (χ4n) is 1.27. The molecule has 0 radical (unpaired) electrons. The van der Waals surface area contributed by atoms with Gasteiger partial charge in [0.1, 0.15) is 5.78 Å². The van der Waals surface area contributed by atoms with Gasteiger partial charge in [0.05, 0.1) is 0 Å². The van der Waals surface area contributed by atoms with Crippen LogP contribution in [-0.4, -0.2) is 5.78 Å². The first-order valence-electron chi connectivity index (χ1n) is 4.98. The lowest BCUT2D eigenvalue weighted by Gasteiger charge is -2.01. The molecule has 0 N–H and O–H groups in total. The lowest BCUT2D eigenvalue weighted by atomic mass is 10.0. The van der Waals surface area contributed by atoms with Crippen LogP contribution in [0.5, 0.6) is 0 Å². The molecule has 0 aliphatic heterocycles. The van der Waals surface area contributed by atoms with Crippen molar-refractivity contribution in [3.63, 3.8) is 0 Å². The van der Waals surface area contributed by atoms with E-state index in [2.05, 4.69) is 22.5 Å². The van der Waals surface area contributed by atoms with E-state index in [9.17, 15) is 4.79 Å². The van der Waals surface area contributed by atoms with Gasteiger partial charge in [-0.3, -0.25) is 4.79 Å². The molecule has 0 saturated heterocycles. The highest BCUT2D eigenvalue weighted by Gasteiger charge is 2.03.